The van der Waals surface area contributed by atoms with Gasteiger partial charge in [-0.05, 0) is 42.3 Å². The molecule has 1 amide bonds. The lowest BCUT2D eigenvalue weighted by Crippen LogP contribution is -2.29. The minimum Gasteiger partial charge on any atom is -0.452 e. The fraction of sp³-hybridized carbons (Fsp3) is 0.130. The lowest BCUT2D eigenvalue weighted by molar-refractivity contribution is -0.383. The molecule has 0 fully saturated rings. The number of nitrogens with one attached hydrogen (secondary N) is 1. The Kier molecular flexibility index (Phi) is 6.28. The number of carbonyl (C=O) groups is 2. The van der Waals surface area contributed by atoms with Crippen LogP contribution in [0.15, 0.2) is 77.7 Å². The number of nitro groups is 1. The Hall–Kier alpha value is -4.25. The first-order valence-corrected chi connectivity index (χ1v) is 11.6. The molecule has 1 heterocycles. The van der Waals surface area contributed by atoms with Gasteiger partial charge in [-0.25, -0.2) is 13.2 Å². The largest absolute Gasteiger partial charge is 0.452 e. The highest BCUT2D eigenvalue weighted by molar-refractivity contribution is 7.92. The van der Waals surface area contributed by atoms with E-state index in [1.54, 1.807) is 12.1 Å². The molecular weight excluding hydrogens is 462 g/mol. The molecular formula is C23H19N3O7S. The zero-order valence-electron chi connectivity index (χ0n) is 17.7. The number of anilines is 2. The Morgan fingerprint density at radius 1 is 1.03 bits per heavy atom. The molecule has 1 N–H and O–H groups in total. The van der Waals surface area contributed by atoms with Gasteiger partial charge in [-0.2, -0.15) is 0 Å². The molecule has 0 unspecified atom stereocenters. The second-order valence-corrected chi connectivity index (χ2v) is 9.24. The lowest BCUT2D eigenvalue weighted by atomic mass is 10.2. The van der Waals surface area contributed by atoms with Crippen LogP contribution < -0.4 is 9.62 Å². The molecule has 0 saturated carbocycles. The van der Waals surface area contributed by atoms with E-state index in [4.69, 9.17) is 4.74 Å². The molecule has 0 aromatic heterocycles. The van der Waals surface area contributed by atoms with Crippen molar-refractivity contribution in [3.05, 3.63) is 94.0 Å². The predicted molar refractivity (Wildman–Crippen MR) is 123 cm³/mol. The number of esters is 1. The molecule has 1 aliphatic heterocycles. The lowest BCUT2D eigenvalue weighted by Gasteiger charge is -2.19. The predicted octanol–water partition coefficient (Wildman–Crippen LogP) is 3.14. The third kappa shape index (κ3) is 4.59. The van der Waals surface area contributed by atoms with Gasteiger partial charge < -0.3 is 10.1 Å². The number of fused-ring (bicyclic) bond motifs is 1. The van der Waals surface area contributed by atoms with Crippen LogP contribution in [-0.2, 0) is 26.0 Å². The van der Waals surface area contributed by atoms with Crippen molar-refractivity contribution in [2.75, 3.05) is 22.8 Å². The van der Waals surface area contributed by atoms with E-state index in [1.807, 2.05) is 12.1 Å². The number of ether oxygens (including phenoxy) is 1. The minimum atomic E-state index is -3.91. The fourth-order valence-electron chi connectivity index (χ4n) is 3.61. The Labute approximate surface area is 195 Å². The van der Waals surface area contributed by atoms with Crippen molar-refractivity contribution < 1.29 is 27.7 Å². The second-order valence-electron chi connectivity index (χ2n) is 7.38. The summed E-state index contributed by atoms with van der Waals surface area (Å²) in [6.45, 7) is -0.413. The van der Waals surface area contributed by atoms with E-state index < -0.39 is 33.4 Å². The van der Waals surface area contributed by atoms with Gasteiger partial charge in [0, 0.05) is 12.6 Å². The van der Waals surface area contributed by atoms with Crippen LogP contribution >= 0.6 is 0 Å². The van der Waals surface area contributed by atoms with E-state index in [2.05, 4.69) is 5.32 Å². The van der Waals surface area contributed by atoms with Crippen molar-refractivity contribution in [2.24, 2.45) is 0 Å². The average molecular weight is 481 g/mol. The Morgan fingerprint density at radius 3 is 2.56 bits per heavy atom. The van der Waals surface area contributed by atoms with Gasteiger partial charge >= 0.3 is 5.97 Å². The molecule has 0 spiro atoms. The van der Waals surface area contributed by atoms with E-state index in [-0.39, 0.29) is 21.8 Å². The quantitative estimate of drug-likeness (QED) is 0.311. The molecule has 3 aromatic rings. The van der Waals surface area contributed by atoms with Crippen molar-refractivity contribution in [1.82, 2.24) is 0 Å². The number of nitro benzene ring substituents is 1. The zero-order valence-corrected chi connectivity index (χ0v) is 18.5. The van der Waals surface area contributed by atoms with Crippen molar-refractivity contribution >= 4 is 39.0 Å². The number of rotatable bonds is 7. The summed E-state index contributed by atoms with van der Waals surface area (Å²) in [4.78, 5) is 34.9. The maximum Gasteiger partial charge on any atom is 0.338 e. The third-order valence-corrected chi connectivity index (χ3v) is 7.02. The van der Waals surface area contributed by atoms with Crippen LogP contribution in [0.4, 0.5) is 17.1 Å². The van der Waals surface area contributed by atoms with Crippen LogP contribution in [0.1, 0.15) is 15.9 Å². The summed E-state index contributed by atoms with van der Waals surface area (Å²) in [5.74, 6) is -1.68. The van der Waals surface area contributed by atoms with Gasteiger partial charge in [-0.15, -0.1) is 0 Å². The monoisotopic (exact) mass is 481 g/mol. The number of nitrogens with zero attached hydrogens (tertiary/aromatic N) is 2. The minimum absolute atomic E-state index is 0.0347. The summed E-state index contributed by atoms with van der Waals surface area (Å²) in [7, 11) is -3.91. The number of benzene rings is 3. The first kappa shape index (κ1) is 22.9. The van der Waals surface area contributed by atoms with Gasteiger partial charge in [0.25, 0.3) is 21.6 Å². The van der Waals surface area contributed by atoms with Crippen molar-refractivity contribution in [3.63, 3.8) is 0 Å². The summed E-state index contributed by atoms with van der Waals surface area (Å²) in [6.07, 6.45) is 0.589. The van der Waals surface area contributed by atoms with E-state index in [0.29, 0.717) is 18.7 Å². The Balaban J connectivity index is 1.45. The molecule has 10 nitrogen and oxygen atoms in total. The summed E-state index contributed by atoms with van der Waals surface area (Å²) in [5, 5.41) is 13.4. The first-order chi connectivity index (χ1) is 16.3. The van der Waals surface area contributed by atoms with Crippen molar-refractivity contribution in [1.29, 1.82) is 0 Å². The zero-order chi connectivity index (χ0) is 24.3. The van der Waals surface area contributed by atoms with E-state index >= 15 is 0 Å². The molecule has 0 bridgehead atoms. The van der Waals surface area contributed by atoms with Crippen LogP contribution in [0.5, 0.6) is 0 Å². The average Bonchev–Trinajstić information content (AvgIpc) is 3.28. The van der Waals surface area contributed by atoms with Gasteiger partial charge in [0.05, 0.1) is 21.1 Å². The molecule has 0 radical (unpaired) electrons. The number of hydrogen-bond donors (Lipinski definition) is 1. The highest BCUT2D eigenvalue weighted by Gasteiger charge is 2.31. The molecule has 174 valence electrons. The molecule has 1 aliphatic rings. The van der Waals surface area contributed by atoms with E-state index in [9.17, 15) is 28.1 Å². The van der Waals surface area contributed by atoms with Crippen molar-refractivity contribution in [3.8, 4) is 0 Å². The molecule has 34 heavy (non-hydrogen) atoms. The maximum atomic E-state index is 13.2. The van der Waals surface area contributed by atoms with Crippen LogP contribution in [0.2, 0.25) is 0 Å². The summed E-state index contributed by atoms with van der Waals surface area (Å²) < 4.78 is 32.6. The maximum absolute atomic E-state index is 13.2. The Morgan fingerprint density at radius 2 is 1.76 bits per heavy atom. The topological polar surface area (TPSA) is 136 Å². The summed E-state index contributed by atoms with van der Waals surface area (Å²) >= 11 is 0. The number of hydrogen-bond acceptors (Lipinski definition) is 7. The summed E-state index contributed by atoms with van der Waals surface area (Å²) in [6, 6.07) is 18.1. The smallest absolute Gasteiger partial charge is 0.338 e. The third-order valence-electron chi connectivity index (χ3n) is 5.21. The fourth-order valence-corrected chi connectivity index (χ4v) is 5.16. The highest BCUT2D eigenvalue weighted by atomic mass is 32.2. The van der Waals surface area contributed by atoms with Crippen LogP contribution in [0.25, 0.3) is 0 Å². The highest BCUT2D eigenvalue weighted by Crippen LogP contribution is 2.32. The second kappa shape index (κ2) is 9.32. The van der Waals surface area contributed by atoms with Gasteiger partial charge in [0.15, 0.2) is 6.61 Å². The standard InChI is InChI=1S/C23H19N3O7S/c27-22(24-19-9-2-4-11-21(19)26(29)30)15-33-23(28)17-7-5-8-18(14-17)34(31,32)25-13-12-16-6-1-3-10-20(16)25/h1-11,14H,12-13,15H2,(H,24,27). The molecule has 3 aromatic carbocycles. The normalized spacial score (nSPS) is 12.6. The SMILES string of the molecule is O=C(COC(=O)c1cccc(S(=O)(=O)N2CCc3ccccc32)c1)Nc1ccccc1[N+](=O)[O-]. The molecule has 4 rings (SSSR count). The number of sulfonamides is 1. The van der Waals surface area contributed by atoms with Crippen LogP contribution in [0.3, 0.4) is 0 Å². The summed E-state index contributed by atoms with van der Waals surface area (Å²) in [5.41, 5.74) is 1.14. The van der Waals surface area contributed by atoms with Crippen LogP contribution in [0, 0.1) is 10.1 Å². The molecule has 0 aliphatic carbocycles. The van der Waals surface area contributed by atoms with Gasteiger partial charge in [-0.1, -0.05) is 36.4 Å². The van der Waals surface area contributed by atoms with Crippen molar-refractivity contribution in [2.45, 2.75) is 11.3 Å². The van der Waals surface area contributed by atoms with E-state index in [0.717, 1.165) is 5.56 Å². The number of para-hydroxylation sites is 3. The van der Waals surface area contributed by atoms with Gasteiger partial charge in [0.1, 0.15) is 5.69 Å². The van der Waals surface area contributed by atoms with Crippen LogP contribution in [-0.4, -0.2) is 38.4 Å². The molecule has 0 atom stereocenters. The molecule has 0 saturated heterocycles. The number of amides is 1. The van der Waals surface area contributed by atoms with Gasteiger partial charge in [-0.3, -0.25) is 19.2 Å². The van der Waals surface area contributed by atoms with Gasteiger partial charge in [0.2, 0.25) is 0 Å². The first-order valence-electron chi connectivity index (χ1n) is 10.2. The number of carbonyl (C=O) groups excluding carboxylic acids is 2. The Bertz CT molecular complexity index is 1390. The van der Waals surface area contributed by atoms with E-state index in [1.165, 1.54) is 52.8 Å². The molecule has 11 heteroatoms.